The molecule has 0 saturated heterocycles. The Hall–Kier alpha value is -0.700. The van der Waals surface area contributed by atoms with E-state index in [1.807, 2.05) is 0 Å². The first kappa shape index (κ1) is 17.3. The lowest BCUT2D eigenvalue weighted by atomic mass is 10.4. The van der Waals surface area contributed by atoms with Crippen LogP contribution in [0.1, 0.15) is 20.8 Å². The predicted octanol–water partition coefficient (Wildman–Crippen LogP) is -0.259. The van der Waals surface area contributed by atoms with Gasteiger partial charge in [0.15, 0.2) is 0 Å². The van der Waals surface area contributed by atoms with Gasteiger partial charge in [0, 0.05) is 19.7 Å². The second kappa shape index (κ2) is 8.41. The summed E-state index contributed by atoms with van der Waals surface area (Å²) >= 11 is 0. The number of esters is 1. The zero-order chi connectivity index (χ0) is 14.2. The highest BCUT2D eigenvalue weighted by Gasteiger charge is 2.27. The van der Waals surface area contributed by atoms with Gasteiger partial charge in [-0.3, -0.25) is 4.79 Å². The van der Waals surface area contributed by atoms with Crippen LogP contribution in [0.3, 0.4) is 0 Å². The summed E-state index contributed by atoms with van der Waals surface area (Å²) in [5.74, 6) is -0.566. The highest BCUT2D eigenvalue weighted by Crippen LogP contribution is 2.05. The normalized spacial score (nSPS) is 12.1. The van der Waals surface area contributed by atoms with Gasteiger partial charge >= 0.3 is 5.97 Å². The fourth-order valence-corrected chi connectivity index (χ4v) is 2.57. The lowest BCUT2D eigenvalue weighted by molar-refractivity contribution is -0.143. The van der Waals surface area contributed by atoms with E-state index in [9.17, 15) is 13.2 Å². The maximum atomic E-state index is 11.9. The van der Waals surface area contributed by atoms with Crippen molar-refractivity contribution in [3.8, 4) is 0 Å². The predicted molar refractivity (Wildman–Crippen MR) is 67.3 cm³/mol. The number of hydrogen-bond acceptors (Lipinski definition) is 5. The monoisotopic (exact) mass is 282 g/mol. The van der Waals surface area contributed by atoms with Crippen LogP contribution in [0.5, 0.6) is 0 Å². The Morgan fingerprint density at radius 3 is 2.44 bits per heavy atom. The topological polar surface area (TPSA) is 84.9 Å². The first-order chi connectivity index (χ1) is 8.35. The summed E-state index contributed by atoms with van der Waals surface area (Å²) in [4.78, 5) is 11.4. The van der Waals surface area contributed by atoms with Crippen molar-refractivity contribution in [2.24, 2.45) is 0 Å². The van der Waals surface area contributed by atoms with Crippen LogP contribution in [0.25, 0.3) is 0 Å². The summed E-state index contributed by atoms with van der Waals surface area (Å²) in [7, 11) is -2.23. The Bertz CT molecular complexity index is 342. The minimum Gasteiger partial charge on any atom is -0.465 e. The highest BCUT2D eigenvalue weighted by molar-refractivity contribution is 7.87. The van der Waals surface area contributed by atoms with Crippen LogP contribution in [0.15, 0.2) is 0 Å². The summed E-state index contributed by atoms with van der Waals surface area (Å²) in [5, 5.41) is 0. The molecule has 0 bridgehead atoms. The summed E-state index contributed by atoms with van der Waals surface area (Å²) < 4.78 is 36.8. The standard InChI is InChI=1S/C10H22N2O5S/c1-5-17-10(13)8-12(9(2)3)18(14,15)11-6-7-16-4/h9,11H,5-8H2,1-4H3. The third-order valence-corrected chi connectivity index (χ3v) is 3.80. The molecule has 0 amide bonds. The fraction of sp³-hybridized carbons (Fsp3) is 0.900. The molecule has 0 aliphatic rings. The average Bonchev–Trinajstić information content (AvgIpc) is 2.26. The van der Waals surface area contributed by atoms with Gasteiger partial charge in [0.25, 0.3) is 10.2 Å². The second-order valence-electron chi connectivity index (χ2n) is 3.84. The van der Waals surface area contributed by atoms with Gasteiger partial charge in [0.2, 0.25) is 0 Å². The van der Waals surface area contributed by atoms with E-state index in [1.165, 1.54) is 7.11 Å². The summed E-state index contributed by atoms with van der Waals surface area (Å²) in [6.07, 6.45) is 0. The van der Waals surface area contributed by atoms with Gasteiger partial charge in [-0.05, 0) is 20.8 Å². The Labute approximate surface area is 109 Å². The molecule has 0 aromatic carbocycles. The summed E-state index contributed by atoms with van der Waals surface area (Å²) in [6.45, 7) is 5.40. The van der Waals surface area contributed by atoms with Crippen molar-refractivity contribution < 1.29 is 22.7 Å². The van der Waals surface area contributed by atoms with Crippen molar-refractivity contribution in [2.45, 2.75) is 26.8 Å². The van der Waals surface area contributed by atoms with Crippen LogP contribution >= 0.6 is 0 Å². The molecule has 7 nitrogen and oxygen atoms in total. The van der Waals surface area contributed by atoms with Crippen LogP contribution in [0.4, 0.5) is 0 Å². The number of ether oxygens (including phenoxy) is 2. The maximum absolute atomic E-state index is 11.9. The number of nitrogens with one attached hydrogen (secondary N) is 1. The molecule has 0 heterocycles. The van der Waals surface area contributed by atoms with Crippen LogP contribution < -0.4 is 4.72 Å². The Balaban J connectivity index is 4.62. The van der Waals surface area contributed by atoms with E-state index in [-0.39, 0.29) is 32.3 Å². The summed E-state index contributed by atoms with van der Waals surface area (Å²) in [6, 6.07) is -0.338. The third kappa shape index (κ3) is 6.29. The molecular weight excluding hydrogens is 260 g/mol. The largest absolute Gasteiger partial charge is 0.465 e. The van der Waals surface area contributed by atoms with Gasteiger partial charge in [-0.1, -0.05) is 0 Å². The molecule has 0 aromatic heterocycles. The van der Waals surface area contributed by atoms with Crippen molar-refractivity contribution >= 4 is 16.2 Å². The van der Waals surface area contributed by atoms with Crippen molar-refractivity contribution in [1.82, 2.24) is 9.03 Å². The Kier molecular flexibility index (Phi) is 8.08. The first-order valence-electron chi connectivity index (χ1n) is 5.76. The van der Waals surface area contributed by atoms with Gasteiger partial charge in [0.05, 0.1) is 13.2 Å². The molecule has 0 spiro atoms. The molecule has 8 heteroatoms. The van der Waals surface area contributed by atoms with Gasteiger partial charge < -0.3 is 9.47 Å². The van der Waals surface area contributed by atoms with E-state index in [0.717, 1.165) is 4.31 Å². The first-order valence-corrected chi connectivity index (χ1v) is 7.20. The Morgan fingerprint density at radius 2 is 2.00 bits per heavy atom. The van der Waals surface area contributed by atoms with Crippen molar-refractivity contribution in [2.75, 3.05) is 33.4 Å². The van der Waals surface area contributed by atoms with Gasteiger partial charge in [-0.15, -0.1) is 0 Å². The third-order valence-electron chi connectivity index (χ3n) is 2.07. The molecule has 0 aliphatic carbocycles. The zero-order valence-electron chi connectivity index (χ0n) is 11.3. The molecule has 0 fully saturated rings. The molecule has 1 N–H and O–H groups in total. The van der Waals surface area contributed by atoms with Crippen LogP contribution in [-0.4, -0.2) is 58.1 Å². The number of carbonyl (C=O) groups excluding carboxylic acids is 1. The van der Waals surface area contributed by atoms with Crippen LogP contribution in [0, 0.1) is 0 Å². The van der Waals surface area contributed by atoms with Crippen LogP contribution in [0.2, 0.25) is 0 Å². The Morgan fingerprint density at radius 1 is 1.39 bits per heavy atom. The van der Waals surface area contributed by atoms with Gasteiger partial charge in [0.1, 0.15) is 6.54 Å². The van der Waals surface area contributed by atoms with E-state index >= 15 is 0 Å². The van der Waals surface area contributed by atoms with E-state index in [1.54, 1.807) is 20.8 Å². The number of nitrogens with zero attached hydrogens (tertiary/aromatic N) is 1. The fourth-order valence-electron chi connectivity index (χ4n) is 1.23. The molecule has 0 aliphatic heterocycles. The molecule has 0 aromatic rings. The van der Waals surface area contributed by atoms with Crippen molar-refractivity contribution in [1.29, 1.82) is 0 Å². The number of carbonyl (C=O) groups is 1. The molecule has 108 valence electrons. The lowest BCUT2D eigenvalue weighted by Crippen LogP contribution is -2.47. The second-order valence-corrected chi connectivity index (χ2v) is 5.54. The molecule has 0 unspecified atom stereocenters. The summed E-state index contributed by atoms with van der Waals surface area (Å²) in [5.41, 5.74) is 0. The molecule has 0 rings (SSSR count). The maximum Gasteiger partial charge on any atom is 0.321 e. The SMILES string of the molecule is CCOC(=O)CN(C(C)C)S(=O)(=O)NCCOC. The van der Waals surface area contributed by atoms with Gasteiger partial charge in [-0.2, -0.15) is 17.4 Å². The smallest absolute Gasteiger partial charge is 0.321 e. The van der Waals surface area contributed by atoms with Gasteiger partial charge in [-0.25, -0.2) is 0 Å². The molecule has 0 atom stereocenters. The minimum absolute atomic E-state index is 0.158. The zero-order valence-corrected chi connectivity index (χ0v) is 12.1. The number of methoxy groups -OCH3 is 1. The van der Waals surface area contributed by atoms with Crippen molar-refractivity contribution in [3.63, 3.8) is 0 Å². The minimum atomic E-state index is -3.70. The van der Waals surface area contributed by atoms with Crippen molar-refractivity contribution in [3.05, 3.63) is 0 Å². The van der Waals surface area contributed by atoms with E-state index in [2.05, 4.69) is 4.72 Å². The van der Waals surface area contributed by atoms with Crippen LogP contribution in [-0.2, 0) is 24.5 Å². The van der Waals surface area contributed by atoms with E-state index < -0.39 is 16.2 Å². The lowest BCUT2D eigenvalue weighted by Gasteiger charge is -2.24. The average molecular weight is 282 g/mol. The van der Waals surface area contributed by atoms with E-state index in [0.29, 0.717) is 0 Å². The molecule has 0 saturated carbocycles. The number of hydrogen-bond donors (Lipinski definition) is 1. The quantitative estimate of drug-likeness (QED) is 0.465. The molecule has 0 radical (unpaired) electrons. The highest BCUT2D eigenvalue weighted by atomic mass is 32.2. The van der Waals surface area contributed by atoms with E-state index in [4.69, 9.17) is 9.47 Å². The molecule has 18 heavy (non-hydrogen) atoms. The molecular formula is C10H22N2O5S. The number of rotatable bonds is 9.